The highest BCUT2D eigenvalue weighted by Crippen LogP contribution is 2.11. The molecule has 1 aromatic heterocycles. The van der Waals surface area contributed by atoms with Crippen molar-refractivity contribution in [2.75, 3.05) is 20.1 Å². The standard InChI is InChI=1S/C14H23N3O/c1-17(9-6-12-5-8-15-11-12)14(18)10-13-4-2-3-7-16-13/h5,8,11,13,15-16H,2-4,6-7,9-10H2,1H3. The highest BCUT2D eigenvalue weighted by atomic mass is 16.2. The molecule has 0 saturated carbocycles. The van der Waals surface area contributed by atoms with Crippen LogP contribution in [-0.4, -0.2) is 42.0 Å². The van der Waals surface area contributed by atoms with Crippen molar-refractivity contribution in [3.05, 3.63) is 24.0 Å². The van der Waals surface area contributed by atoms with Gasteiger partial charge in [-0.15, -0.1) is 0 Å². The zero-order chi connectivity index (χ0) is 12.8. The molecule has 2 rings (SSSR count). The molecule has 2 N–H and O–H groups in total. The molecule has 18 heavy (non-hydrogen) atoms. The molecule has 100 valence electrons. The molecule has 2 heterocycles. The number of rotatable bonds is 5. The first-order chi connectivity index (χ1) is 8.75. The number of nitrogens with one attached hydrogen (secondary N) is 2. The summed E-state index contributed by atoms with van der Waals surface area (Å²) in [5.74, 6) is 0.255. The molecule has 0 aliphatic carbocycles. The van der Waals surface area contributed by atoms with Crippen LogP contribution in [-0.2, 0) is 11.2 Å². The van der Waals surface area contributed by atoms with Gasteiger partial charge in [-0.05, 0) is 37.4 Å². The van der Waals surface area contributed by atoms with Gasteiger partial charge in [-0.25, -0.2) is 0 Å². The molecular formula is C14H23N3O. The number of aromatic amines is 1. The van der Waals surface area contributed by atoms with E-state index >= 15 is 0 Å². The molecule has 1 aliphatic rings. The van der Waals surface area contributed by atoms with E-state index in [2.05, 4.69) is 16.4 Å². The molecule has 0 aromatic carbocycles. The fourth-order valence-electron chi connectivity index (χ4n) is 2.40. The summed E-state index contributed by atoms with van der Waals surface area (Å²) in [5, 5.41) is 3.42. The lowest BCUT2D eigenvalue weighted by atomic mass is 10.0. The molecule has 1 saturated heterocycles. The van der Waals surface area contributed by atoms with Gasteiger partial charge in [-0.3, -0.25) is 4.79 Å². The van der Waals surface area contributed by atoms with Gasteiger partial charge in [-0.1, -0.05) is 6.42 Å². The van der Waals surface area contributed by atoms with Gasteiger partial charge in [0.25, 0.3) is 0 Å². The number of carbonyl (C=O) groups excluding carboxylic acids is 1. The van der Waals surface area contributed by atoms with Crippen LogP contribution in [0.1, 0.15) is 31.2 Å². The van der Waals surface area contributed by atoms with Crippen LogP contribution in [0.2, 0.25) is 0 Å². The summed E-state index contributed by atoms with van der Waals surface area (Å²) in [7, 11) is 1.90. The Kier molecular flexibility index (Phi) is 4.81. The molecule has 1 fully saturated rings. The van der Waals surface area contributed by atoms with Crippen molar-refractivity contribution < 1.29 is 4.79 Å². The van der Waals surface area contributed by atoms with Crippen LogP contribution in [0.3, 0.4) is 0 Å². The fraction of sp³-hybridized carbons (Fsp3) is 0.643. The summed E-state index contributed by atoms with van der Waals surface area (Å²) in [6.45, 7) is 1.86. The van der Waals surface area contributed by atoms with E-state index < -0.39 is 0 Å². The number of hydrogen-bond donors (Lipinski definition) is 2. The SMILES string of the molecule is CN(CCc1cc[nH]c1)C(=O)CC1CCCCN1. The van der Waals surface area contributed by atoms with Gasteiger partial charge in [0.2, 0.25) is 5.91 Å². The van der Waals surface area contributed by atoms with Gasteiger partial charge < -0.3 is 15.2 Å². The second-order valence-electron chi connectivity index (χ2n) is 5.14. The van der Waals surface area contributed by atoms with Gasteiger partial charge in [0.05, 0.1) is 0 Å². The Balaban J connectivity index is 1.70. The maximum atomic E-state index is 12.0. The summed E-state index contributed by atoms with van der Waals surface area (Å²) in [5.41, 5.74) is 1.26. The van der Waals surface area contributed by atoms with Crippen LogP contribution in [0.4, 0.5) is 0 Å². The Bertz CT molecular complexity index is 355. The van der Waals surface area contributed by atoms with Crippen molar-refractivity contribution >= 4 is 5.91 Å². The minimum Gasteiger partial charge on any atom is -0.367 e. The Hall–Kier alpha value is -1.29. The van der Waals surface area contributed by atoms with E-state index in [1.54, 1.807) is 0 Å². The largest absolute Gasteiger partial charge is 0.367 e. The minimum atomic E-state index is 0.255. The Morgan fingerprint density at radius 3 is 3.06 bits per heavy atom. The molecule has 1 unspecified atom stereocenters. The number of nitrogens with zero attached hydrogens (tertiary/aromatic N) is 1. The summed E-state index contributed by atoms with van der Waals surface area (Å²) in [6.07, 6.45) is 9.10. The molecule has 1 aliphatic heterocycles. The molecule has 0 radical (unpaired) electrons. The average molecular weight is 249 g/mol. The van der Waals surface area contributed by atoms with E-state index in [0.29, 0.717) is 12.5 Å². The lowest BCUT2D eigenvalue weighted by molar-refractivity contribution is -0.130. The third-order valence-corrected chi connectivity index (χ3v) is 3.66. The first kappa shape index (κ1) is 13.1. The third kappa shape index (κ3) is 3.88. The molecular weight excluding hydrogens is 226 g/mol. The average Bonchev–Trinajstić information content (AvgIpc) is 2.90. The summed E-state index contributed by atoms with van der Waals surface area (Å²) in [6, 6.07) is 2.45. The van der Waals surface area contributed by atoms with Gasteiger partial charge >= 0.3 is 0 Å². The maximum absolute atomic E-state index is 12.0. The van der Waals surface area contributed by atoms with Gasteiger partial charge in [0.1, 0.15) is 0 Å². The first-order valence-corrected chi connectivity index (χ1v) is 6.85. The highest BCUT2D eigenvalue weighted by molar-refractivity contribution is 5.76. The predicted molar refractivity (Wildman–Crippen MR) is 72.4 cm³/mol. The molecule has 1 aromatic rings. The van der Waals surface area contributed by atoms with Crippen molar-refractivity contribution in [1.82, 2.24) is 15.2 Å². The zero-order valence-corrected chi connectivity index (χ0v) is 11.1. The summed E-state index contributed by atoms with van der Waals surface area (Å²) >= 11 is 0. The van der Waals surface area contributed by atoms with Crippen molar-refractivity contribution in [3.63, 3.8) is 0 Å². The fourth-order valence-corrected chi connectivity index (χ4v) is 2.40. The third-order valence-electron chi connectivity index (χ3n) is 3.66. The second-order valence-corrected chi connectivity index (χ2v) is 5.14. The maximum Gasteiger partial charge on any atom is 0.223 e. The number of piperidine rings is 1. The smallest absolute Gasteiger partial charge is 0.223 e. The topological polar surface area (TPSA) is 48.1 Å². The van der Waals surface area contributed by atoms with Gasteiger partial charge in [0, 0.05) is 38.4 Å². The number of amides is 1. The molecule has 1 atom stereocenters. The van der Waals surface area contributed by atoms with Crippen LogP contribution in [0.5, 0.6) is 0 Å². The van der Waals surface area contributed by atoms with Gasteiger partial charge in [-0.2, -0.15) is 0 Å². The highest BCUT2D eigenvalue weighted by Gasteiger charge is 2.18. The Morgan fingerprint density at radius 1 is 1.50 bits per heavy atom. The van der Waals surface area contributed by atoms with Crippen molar-refractivity contribution in [2.24, 2.45) is 0 Å². The number of hydrogen-bond acceptors (Lipinski definition) is 2. The van der Waals surface area contributed by atoms with Crippen LogP contribution in [0.25, 0.3) is 0 Å². The van der Waals surface area contributed by atoms with Crippen LogP contribution < -0.4 is 5.32 Å². The lowest BCUT2D eigenvalue weighted by Gasteiger charge is -2.25. The number of H-pyrrole nitrogens is 1. The monoisotopic (exact) mass is 249 g/mol. The quantitative estimate of drug-likeness (QED) is 0.831. The number of carbonyl (C=O) groups is 1. The van der Waals surface area contributed by atoms with Crippen LogP contribution in [0.15, 0.2) is 18.5 Å². The van der Waals surface area contributed by atoms with Gasteiger partial charge in [0.15, 0.2) is 0 Å². The van der Waals surface area contributed by atoms with Crippen LogP contribution in [0, 0.1) is 0 Å². The van der Waals surface area contributed by atoms with E-state index in [0.717, 1.165) is 25.9 Å². The summed E-state index contributed by atoms with van der Waals surface area (Å²) < 4.78 is 0. The first-order valence-electron chi connectivity index (χ1n) is 6.85. The molecule has 1 amide bonds. The zero-order valence-electron chi connectivity index (χ0n) is 11.1. The van der Waals surface area contributed by atoms with Crippen molar-refractivity contribution in [3.8, 4) is 0 Å². The molecule has 4 heteroatoms. The predicted octanol–water partition coefficient (Wildman–Crippen LogP) is 1.55. The van der Waals surface area contributed by atoms with E-state index in [-0.39, 0.29) is 5.91 Å². The normalized spacial score (nSPS) is 19.7. The lowest BCUT2D eigenvalue weighted by Crippen LogP contribution is -2.39. The van der Waals surface area contributed by atoms with Crippen molar-refractivity contribution in [1.29, 1.82) is 0 Å². The van der Waals surface area contributed by atoms with Crippen molar-refractivity contribution in [2.45, 2.75) is 38.1 Å². The second kappa shape index (κ2) is 6.59. The Labute approximate surface area is 109 Å². The Morgan fingerprint density at radius 2 is 2.39 bits per heavy atom. The van der Waals surface area contributed by atoms with E-state index in [1.807, 2.05) is 24.3 Å². The van der Waals surface area contributed by atoms with Crippen LogP contribution >= 0.6 is 0 Å². The number of aromatic nitrogens is 1. The molecule has 4 nitrogen and oxygen atoms in total. The molecule has 0 bridgehead atoms. The summed E-state index contributed by atoms with van der Waals surface area (Å²) in [4.78, 5) is 16.9. The number of likely N-dealkylation sites (N-methyl/N-ethyl adjacent to an activating group) is 1. The minimum absolute atomic E-state index is 0.255. The molecule has 0 spiro atoms. The van der Waals surface area contributed by atoms with E-state index in [1.165, 1.54) is 18.4 Å². The van der Waals surface area contributed by atoms with E-state index in [4.69, 9.17) is 0 Å². The van der Waals surface area contributed by atoms with E-state index in [9.17, 15) is 4.79 Å².